The average Bonchev–Trinajstić information content (AvgIpc) is 2.72. The fourth-order valence-corrected chi connectivity index (χ4v) is 2.76. The second-order valence-corrected chi connectivity index (χ2v) is 4.92. The lowest BCUT2D eigenvalue weighted by atomic mass is 10.3. The highest BCUT2D eigenvalue weighted by Crippen LogP contribution is 2.33. The molecule has 90 valence electrons. The molecule has 0 unspecified atom stereocenters. The molecule has 0 radical (unpaired) electrons. The van der Waals surface area contributed by atoms with Gasteiger partial charge in [-0.25, -0.2) is 18.6 Å². The van der Waals surface area contributed by atoms with Crippen LogP contribution in [0, 0.1) is 11.6 Å². The number of nitrogens with zero attached hydrogens (tertiary/aromatic N) is 1. The van der Waals surface area contributed by atoms with Crippen LogP contribution in [-0.2, 0) is 4.74 Å². The van der Waals surface area contributed by atoms with E-state index in [-0.39, 0.29) is 17.1 Å². The van der Waals surface area contributed by atoms with Crippen molar-refractivity contribution >= 4 is 43.5 Å². The largest absolute Gasteiger partial charge is 0.461 e. The van der Waals surface area contributed by atoms with Gasteiger partial charge in [-0.2, -0.15) is 0 Å². The van der Waals surface area contributed by atoms with Gasteiger partial charge in [0.15, 0.2) is 11.6 Å². The van der Waals surface area contributed by atoms with Gasteiger partial charge in [0.25, 0.3) is 0 Å². The van der Waals surface area contributed by atoms with Crippen LogP contribution in [-0.4, -0.2) is 17.6 Å². The predicted molar refractivity (Wildman–Crippen MR) is 63.2 cm³/mol. The van der Waals surface area contributed by atoms with E-state index in [1.807, 2.05) is 0 Å². The number of aromatic nitrogens is 1. The Morgan fingerprint density at radius 3 is 2.94 bits per heavy atom. The minimum atomic E-state index is -1.06. The molecule has 2 rings (SSSR count). The highest BCUT2D eigenvalue weighted by atomic mass is 79.9. The Kier molecular flexibility index (Phi) is 3.39. The summed E-state index contributed by atoms with van der Waals surface area (Å²) in [5.74, 6) is -2.71. The Bertz CT molecular complexity index is 599. The van der Waals surface area contributed by atoms with E-state index in [1.165, 1.54) is 0 Å². The van der Waals surface area contributed by atoms with Crippen molar-refractivity contribution in [2.75, 3.05) is 6.61 Å². The van der Waals surface area contributed by atoms with E-state index in [4.69, 9.17) is 4.74 Å². The van der Waals surface area contributed by atoms with Crippen molar-refractivity contribution in [1.29, 1.82) is 0 Å². The third-order valence-electron chi connectivity index (χ3n) is 1.97. The molecule has 1 heterocycles. The van der Waals surface area contributed by atoms with Gasteiger partial charge in [-0.15, -0.1) is 11.3 Å². The minimum absolute atomic E-state index is 0.00653. The van der Waals surface area contributed by atoms with Crippen molar-refractivity contribution in [2.45, 2.75) is 6.92 Å². The van der Waals surface area contributed by atoms with Crippen molar-refractivity contribution in [2.24, 2.45) is 0 Å². The third kappa shape index (κ3) is 2.16. The standard InChI is InChI=1S/C10H6BrF2NO2S/c1-2-16-10(15)9-14-7-6(13)5(12)3-4(11)8(7)17-9/h3H,2H2,1H3. The van der Waals surface area contributed by atoms with Gasteiger partial charge < -0.3 is 4.74 Å². The minimum Gasteiger partial charge on any atom is -0.461 e. The van der Waals surface area contributed by atoms with E-state index in [9.17, 15) is 13.6 Å². The highest BCUT2D eigenvalue weighted by Gasteiger charge is 2.19. The Labute approximate surface area is 108 Å². The summed E-state index contributed by atoms with van der Waals surface area (Å²) in [7, 11) is 0. The fourth-order valence-electron chi connectivity index (χ4n) is 1.26. The summed E-state index contributed by atoms with van der Waals surface area (Å²) in [6, 6.07) is 1.00. The van der Waals surface area contributed by atoms with Gasteiger partial charge in [-0.1, -0.05) is 0 Å². The maximum atomic E-state index is 13.4. The molecule has 1 aromatic carbocycles. The molecule has 0 amide bonds. The summed E-state index contributed by atoms with van der Waals surface area (Å²) in [4.78, 5) is 15.2. The van der Waals surface area contributed by atoms with Crippen molar-refractivity contribution in [3.8, 4) is 0 Å². The number of halogens is 3. The molecular formula is C10H6BrF2NO2S. The summed E-state index contributed by atoms with van der Waals surface area (Å²) in [5.41, 5.74) is -0.162. The van der Waals surface area contributed by atoms with Crippen molar-refractivity contribution in [3.63, 3.8) is 0 Å². The molecule has 17 heavy (non-hydrogen) atoms. The summed E-state index contributed by atoms with van der Waals surface area (Å²) in [6.07, 6.45) is 0. The molecule has 0 aliphatic rings. The zero-order chi connectivity index (χ0) is 12.6. The summed E-state index contributed by atoms with van der Waals surface area (Å²) in [5, 5.41) is 0.00653. The molecule has 0 aliphatic carbocycles. The molecule has 0 atom stereocenters. The van der Waals surface area contributed by atoms with Gasteiger partial charge >= 0.3 is 5.97 Å². The van der Waals surface area contributed by atoms with Crippen molar-refractivity contribution < 1.29 is 18.3 Å². The second kappa shape index (κ2) is 4.66. The Balaban J connectivity index is 2.61. The molecular weight excluding hydrogens is 316 g/mol. The summed E-state index contributed by atoms with van der Waals surface area (Å²) >= 11 is 4.05. The van der Waals surface area contributed by atoms with Crippen LogP contribution >= 0.6 is 27.3 Å². The van der Waals surface area contributed by atoms with Gasteiger partial charge in [0.1, 0.15) is 5.52 Å². The van der Waals surface area contributed by atoms with Crippen LogP contribution < -0.4 is 0 Å². The Hall–Kier alpha value is -1.08. The van der Waals surface area contributed by atoms with Crippen molar-refractivity contribution in [3.05, 3.63) is 27.2 Å². The van der Waals surface area contributed by atoms with Crippen LogP contribution in [0.4, 0.5) is 8.78 Å². The first kappa shape index (κ1) is 12.4. The SMILES string of the molecule is CCOC(=O)c1nc2c(F)c(F)cc(Br)c2s1. The van der Waals surface area contributed by atoms with Crippen molar-refractivity contribution in [1.82, 2.24) is 4.98 Å². The Morgan fingerprint density at radius 1 is 1.59 bits per heavy atom. The maximum absolute atomic E-state index is 13.4. The number of fused-ring (bicyclic) bond motifs is 1. The molecule has 0 aliphatic heterocycles. The van der Waals surface area contributed by atoms with Gasteiger partial charge in [-0.05, 0) is 28.9 Å². The predicted octanol–water partition coefficient (Wildman–Crippen LogP) is 3.51. The first-order chi connectivity index (χ1) is 8.04. The second-order valence-electron chi connectivity index (χ2n) is 3.07. The number of carbonyl (C=O) groups is 1. The van der Waals surface area contributed by atoms with E-state index in [0.29, 0.717) is 9.17 Å². The molecule has 1 aromatic heterocycles. The van der Waals surface area contributed by atoms with Crippen LogP contribution in [0.5, 0.6) is 0 Å². The van der Waals surface area contributed by atoms with E-state index >= 15 is 0 Å². The molecule has 0 bridgehead atoms. The van der Waals surface area contributed by atoms with Gasteiger partial charge in [0.05, 0.1) is 11.3 Å². The van der Waals surface area contributed by atoms with Crippen LogP contribution in [0.1, 0.15) is 16.7 Å². The van der Waals surface area contributed by atoms with E-state index < -0.39 is 17.6 Å². The van der Waals surface area contributed by atoms with Crippen LogP contribution in [0.25, 0.3) is 10.2 Å². The van der Waals surface area contributed by atoms with Gasteiger partial charge in [0.2, 0.25) is 5.01 Å². The normalized spacial score (nSPS) is 10.8. The first-order valence-corrected chi connectivity index (χ1v) is 6.26. The number of carbonyl (C=O) groups excluding carboxylic acids is 1. The van der Waals surface area contributed by atoms with E-state index in [2.05, 4.69) is 20.9 Å². The molecule has 2 aromatic rings. The topological polar surface area (TPSA) is 39.2 Å². The summed E-state index contributed by atoms with van der Waals surface area (Å²) in [6.45, 7) is 1.86. The number of benzene rings is 1. The summed E-state index contributed by atoms with van der Waals surface area (Å²) < 4.78 is 32.0. The number of esters is 1. The molecule has 0 saturated heterocycles. The lowest BCUT2D eigenvalue weighted by Crippen LogP contribution is -2.03. The zero-order valence-corrected chi connectivity index (χ0v) is 11.0. The fraction of sp³-hybridized carbons (Fsp3) is 0.200. The van der Waals surface area contributed by atoms with Crippen LogP contribution in [0.3, 0.4) is 0 Å². The number of ether oxygens (including phenoxy) is 1. The maximum Gasteiger partial charge on any atom is 0.367 e. The third-order valence-corrected chi connectivity index (χ3v) is 3.92. The molecule has 0 fully saturated rings. The lowest BCUT2D eigenvalue weighted by Gasteiger charge is -1.95. The molecule has 7 heteroatoms. The Morgan fingerprint density at radius 2 is 2.29 bits per heavy atom. The highest BCUT2D eigenvalue weighted by molar-refractivity contribution is 9.10. The van der Waals surface area contributed by atoms with E-state index in [0.717, 1.165) is 17.4 Å². The first-order valence-electron chi connectivity index (χ1n) is 4.65. The van der Waals surface area contributed by atoms with Gasteiger partial charge in [0, 0.05) is 4.47 Å². The molecule has 0 spiro atoms. The quantitative estimate of drug-likeness (QED) is 0.627. The van der Waals surface area contributed by atoms with Crippen LogP contribution in [0.15, 0.2) is 10.5 Å². The number of rotatable bonds is 2. The lowest BCUT2D eigenvalue weighted by molar-refractivity contribution is 0.0526. The molecule has 0 saturated carbocycles. The average molecular weight is 322 g/mol. The van der Waals surface area contributed by atoms with Gasteiger partial charge in [-0.3, -0.25) is 0 Å². The molecule has 0 N–H and O–H groups in total. The number of hydrogen-bond donors (Lipinski definition) is 0. The monoisotopic (exact) mass is 321 g/mol. The zero-order valence-electron chi connectivity index (χ0n) is 8.59. The molecule has 3 nitrogen and oxygen atoms in total. The van der Waals surface area contributed by atoms with E-state index in [1.54, 1.807) is 6.92 Å². The smallest absolute Gasteiger partial charge is 0.367 e. The van der Waals surface area contributed by atoms with Crippen LogP contribution in [0.2, 0.25) is 0 Å². The number of hydrogen-bond acceptors (Lipinski definition) is 4. The number of thiazole rings is 1.